The van der Waals surface area contributed by atoms with Crippen molar-refractivity contribution in [2.45, 2.75) is 69.5 Å². The largest absolute Gasteiger partial charge is 0.496 e. The zero-order chi connectivity index (χ0) is 22.1. The van der Waals surface area contributed by atoms with Crippen molar-refractivity contribution in [1.82, 2.24) is 0 Å². The van der Waals surface area contributed by atoms with Crippen molar-refractivity contribution in [3.8, 4) is 11.5 Å². The monoisotopic (exact) mass is 435 g/mol. The Morgan fingerprint density at radius 1 is 0.906 bits per heavy atom. The topological polar surface area (TPSA) is 56.8 Å². The van der Waals surface area contributed by atoms with Crippen molar-refractivity contribution in [2.24, 2.45) is 5.92 Å². The van der Waals surface area contributed by atoms with E-state index in [0.717, 1.165) is 66.8 Å². The number of benzene rings is 2. The van der Waals surface area contributed by atoms with Gasteiger partial charge in [0.1, 0.15) is 17.6 Å². The van der Waals surface area contributed by atoms with Gasteiger partial charge in [0.15, 0.2) is 0 Å². The molecule has 32 heavy (non-hydrogen) atoms. The molecule has 0 radical (unpaired) electrons. The summed E-state index contributed by atoms with van der Waals surface area (Å²) in [6.45, 7) is 0. The highest BCUT2D eigenvalue weighted by Crippen LogP contribution is 2.53. The van der Waals surface area contributed by atoms with E-state index in [0.29, 0.717) is 5.92 Å². The maximum absolute atomic E-state index is 12.7. The lowest BCUT2D eigenvalue weighted by molar-refractivity contribution is -0.119. The molecule has 0 bridgehead atoms. The molecule has 5 nitrogen and oxygen atoms in total. The van der Waals surface area contributed by atoms with Crippen molar-refractivity contribution in [3.05, 3.63) is 53.1 Å². The van der Waals surface area contributed by atoms with Crippen LogP contribution in [0.1, 0.15) is 80.1 Å². The first-order chi connectivity index (χ1) is 15.7. The summed E-state index contributed by atoms with van der Waals surface area (Å²) in [4.78, 5) is 12.7. The fourth-order valence-electron chi connectivity index (χ4n) is 5.90. The van der Waals surface area contributed by atoms with Gasteiger partial charge in [-0.3, -0.25) is 4.79 Å². The van der Waals surface area contributed by atoms with E-state index in [2.05, 4.69) is 17.4 Å². The van der Waals surface area contributed by atoms with Crippen molar-refractivity contribution >= 4 is 11.6 Å². The van der Waals surface area contributed by atoms with Crippen molar-refractivity contribution < 1.29 is 19.0 Å². The minimum Gasteiger partial charge on any atom is -0.496 e. The van der Waals surface area contributed by atoms with Crippen molar-refractivity contribution in [1.29, 1.82) is 0 Å². The molecule has 170 valence electrons. The van der Waals surface area contributed by atoms with Gasteiger partial charge in [-0.2, -0.15) is 0 Å². The summed E-state index contributed by atoms with van der Waals surface area (Å²) < 4.78 is 18.4. The lowest BCUT2D eigenvalue weighted by Gasteiger charge is -2.42. The lowest BCUT2D eigenvalue weighted by Crippen LogP contribution is -2.34. The van der Waals surface area contributed by atoms with Gasteiger partial charge < -0.3 is 19.5 Å². The zero-order valence-electron chi connectivity index (χ0n) is 19.1. The summed E-state index contributed by atoms with van der Waals surface area (Å²) in [6, 6.07) is 12.1. The molecule has 3 atom stereocenters. The molecule has 0 spiro atoms. The molecule has 1 N–H and O–H groups in total. The van der Waals surface area contributed by atoms with E-state index in [9.17, 15) is 4.79 Å². The molecule has 0 aromatic heterocycles. The number of carbonyl (C=O) groups is 1. The van der Waals surface area contributed by atoms with E-state index in [1.54, 1.807) is 14.2 Å². The molecule has 1 amide bonds. The van der Waals surface area contributed by atoms with Gasteiger partial charge in [-0.1, -0.05) is 37.8 Å². The predicted molar refractivity (Wildman–Crippen MR) is 125 cm³/mol. The van der Waals surface area contributed by atoms with Gasteiger partial charge in [-0.25, -0.2) is 0 Å². The van der Waals surface area contributed by atoms with Crippen LogP contribution in [-0.4, -0.2) is 26.2 Å². The van der Waals surface area contributed by atoms with E-state index in [-0.39, 0.29) is 24.0 Å². The number of ether oxygens (including phenoxy) is 3. The Balaban J connectivity index is 1.53. The zero-order valence-corrected chi connectivity index (χ0v) is 19.1. The standard InChI is InChI=1S/C27H33NO4/c1-30-22-14-15-23(31-2)25-24(22)20-12-5-6-13-21(20)32-26(25)18-10-7-11-19(16-18)28-27(29)17-8-3-4-9-17/h7,10-11,14-17,20-21,26H,3-6,8-9,12-13H2,1-2H3,(H,28,29)/t20-,21+,26+/m1/s1. The molecule has 2 aromatic carbocycles. The Hall–Kier alpha value is -2.53. The molecular weight excluding hydrogens is 402 g/mol. The number of hydrogen-bond donors (Lipinski definition) is 1. The van der Waals surface area contributed by atoms with E-state index < -0.39 is 0 Å². The second kappa shape index (κ2) is 9.14. The lowest BCUT2D eigenvalue weighted by atomic mass is 9.75. The summed E-state index contributed by atoms with van der Waals surface area (Å²) in [5, 5.41) is 3.14. The van der Waals surface area contributed by atoms with Crippen LogP contribution in [0.2, 0.25) is 0 Å². The molecule has 5 heteroatoms. The fourth-order valence-corrected chi connectivity index (χ4v) is 5.90. The molecule has 2 aromatic rings. The van der Waals surface area contributed by atoms with E-state index >= 15 is 0 Å². The Morgan fingerprint density at radius 2 is 1.59 bits per heavy atom. The highest BCUT2D eigenvalue weighted by Gasteiger charge is 2.41. The highest BCUT2D eigenvalue weighted by atomic mass is 16.5. The third-order valence-electron chi connectivity index (χ3n) is 7.48. The van der Waals surface area contributed by atoms with Gasteiger partial charge in [0.05, 0.1) is 20.3 Å². The first-order valence-corrected chi connectivity index (χ1v) is 12.0. The summed E-state index contributed by atoms with van der Waals surface area (Å²) in [6.07, 6.45) is 8.74. The second-order valence-electron chi connectivity index (χ2n) is 9.34. The number of amides is 1. The minimum absolute atomic E-state index is 0.135. The van der Waals surface area contributed by atoms with Crippen LogP contribution >= 0.6 is 0 Å². The molecular formula is C27H33NO4. The molecule has 0 saturated heterocycles. The van der Waals surface area contributed by atoms with E-state index in [4.69, 9.17) is 14.2 Å². The van der Waals surface area contributed by atoms with Crippen LogP contribution in [0, 0.1) is 5.92 Å². The summed E-state index contributed by atoms with van der Waals surface area (Å²) >= 11 is 0. The number of anilines is 1. The van der Waals surface area contributed by atoms with Crippen LogP contribution in [0.15, 0.2) is 36.4 Å². The number of hydrogen-bond acceptors (Lipinski definition) is 4. The van der Waals surface area contributed by atoms with Gasteiger partial charge >= 0.3 is 0 Å². The van der Waals surface area contributed by atoms with Crippen molar-refractivity contribution in [2.75, 3.05) is 19.5 Å². The average molecular weight is 436 g/mol. The Kier molecular flexibility index (Phi) is 6.09. The molecule has 2 saturated carbocycles. The summed E-state index contributed by atoms with van der Waals surface area (Å²) in [5.41, 5.74) is 4.16. The number of carbonyl (C=O) groups excluding carboxylic acids is 1. The number of fused-ring (bicyclic) bond motifs is 3. The van der Waals surface area contributed by atoms with Gasteiger partial charge in [0.25, 0.3) is 0 Å². The third kappa shape index (κ3) is 3.88. The second-order valence-corrected chi connectivity index (χ2v) is 9.34. The molecule has 1 aliphatic heterocycles. The van der Waals surface area contributed by atoms with Gasteiger partial charge in [0, 0.05) is 28.7 Å². The maximum atomic E-state index is 12.7. The third-order valence-corrected chi connectivity index (χ3v) is 7.48. The van der Waals surface area contributed by atoms with Crippen molar-refractivity contribution in [3.63, 3.8) is 0 Å². The SMILES string of the molecule is COc1ccc(OC)c2c1[C@H](c1cccc(NC(=O)C3CCCC3)c1)O[C@H]1CCCC[C@@H]21. The quantitative estimate of drug-likeness (QED) is 0.628. The molecule has 5 rings (SSSR count). The predicted octanol–water partition coefficient (Wildman–Crippen LogP) is 5.98. The van der Waals surface area contributed by atoms with Crippen LogP contribution in [0.25, 0.3) is 0 Å². The number of methoxy groups -OCH3 is 2. The minimum atomic E-state index is -0.252. The molecule has 3 aliphatic rings. The summed E-state index contributed by atoms with van der Waals surface area (Å²) in [5.74, 6) is 2.34. The first kappa shape index (κ1) is 21.3. The highest BCUT2D eigenvalue weighted by molar-refractivity contribution is 5.92. The van der Waals surface area contributed by atoms with Gasteiger partial charge in [-0.05, 0) is 55.5 Å². The normalized spacial score (nSPS) is 25.0. The van der Waals surface area contributed by atoms with Crippen LogP contribution < -0.4 is 14.8 Å². The molecule has 2 fully saturated rings. The van der Waals surface area contributed by atoms with Crippen LogP contribution in [0.5, 0.6) is 11.5 Å². The van der Waals surface area contributed by atoms with Gasteiger partial charge in [-0.15, -0.1) is 0 Å². The average Bonchev–Trinajstić information content (AvgIpc) is 3.38. The molecule has 2 aliphatic carbocycles. The van der Waals surface area contributed by atoms with Crippen LogP contribution in [0.3, 0.4) is 0 Å². The molecule has 1 heterocycles. The van der Waals surface area contributed by atoms with Gasteiger partial charge in [0.2, 0.25) is 5.91 Å². The fraction of sp³-hybridized carbons (Fsp3) is 0.519. The Bertz CT molecular complexity index is 982. The maximum Gasteiger partial charge on any atom is 0.227 e. The van der Waals surface area contributed by atoms with Crippen LogP contribution in [-0.2, 0) is 9.53 Å². The van der Waals surface area contributed by atoms with E-state index in [1.807, 2.05) is 24.3 Å². The summed E-state index contributed by atoms with van der Waals surface area (Å²) in [7, 11) is 3.45. The Morgan fingerprint density at radius 3 is 2.34 bits per heavy atom. The van der Waals surface area contributed by atoms with E-state index in [1.165, 1.54) is 18.4 Å². The van der Waals surface area contributed by atoms with Crippen LogP contribution in [0.4, 0.5) is 5.69 Å². The Labute approximate surface area is 190 Å². The smallest absolute Gasteiger partial charge is 0.227 e. The molecule has 0 unspecified atom stereocenters. The first-order valence-electron chi connectivity index (χ1n) is 12.0. The number of rotatable bonds is 5. The number of nitrogens with one attached hydrogen (secondary N) is 1.